The van der Waals surface area contributed by atoms with Gasteiger partial charge in [-0.3, -0.25) is 48.1 Å². The van der Waals surface area contributed by atoms with Crippen molar-refractivity contribution in [3.05, 3.63) is 57.2 Å². The van der Waals surface area contributed by atoms with Crippen LogP contribution in [0.15, 0.2) is 46.8 Å². The number of nitrogens with zero attached hydrogens (tertiary/aromatic N) is 2. The van der Waals surface area contributed by atoms with Crippen molar-refractivity contribution in [2.75, 3.05) is 31.1 Å². The fraction of sp³-hybridized carbons (Fsp3) is 0.592. The van der Waals surface area contributed by atoms with Crippen LogP contribution in [0.25, 0.3) is 0 Å². The lowest BCUT2D eigenvalue weighted by atomic mass is 9.92. The van der Waals surface area contributed by atoms with Gasteiger partial charge < -0.3 is 48.7 Å². The Kier molecular flexibility index (Phi) is 23.8. The molecular weight excluding hydrogens is 972 g/mol. The highest BCUT2D eigenvalue weighted by atomic mass is 35.5. The van der Waals surface area contributed by atoms with Gasteiger partial charge in [-0.1, -0.05) is 57.5 Å². The zero-order chi connectivity index (χ0) is 52.2. The number of aliphatic imine (C=N–C) groups is 1. The summed E-state index contributed by atoms with van der Waals surface area (Å²) >= 11 is 8.89. The van der Waals surface area contributed by atoms with Gasteiger partial charge in [0.2, 0.25) is 41.4 Å². The second-order valence-corrected chi connectivity index (χ2v) is 21.6. The van der Waals surface area contributed by atoms with Crippen LogP contribution in [-0.4, -0.2) is 125 Å². The van der Waals surface area contributed by atoms with Gasteiger partial charge in [-0.2, -0.15) is 11.8 Å². The molecule has 22 heteroatoms. The van der Waals surface area contributed by atoms with Crippen LogP contribution < -0.4 is 43.8 Å². The first-order valence-corrected chi connectivity index (χ1v) is 26.7. The van der Waals surface area contributed by atoms with E-state index in [1.54, 1.807) is 44.2 Å². The Morgan fingerprint density at radius 2 is 1.59 bits per heavy atom. The minimum Gasteiger partial charge on any atom is -0.370 e. The van der Waals surface area contributed by atoms with Gasteiger partial charge in [-0.05, 0) is 85.3 Å². The van der Waals surface area contributed by atoms with E-state index >= 15 is 0 Å². The molecule has 19 nitrogen and oxygen atoms in total. The summed E-state index contributed by atoms with van der Waals surface area (Å²) in [6.45, 7) is 8.01. The van der Waals surface area contributed by atoms with Gasteiger partial charge in [0.05, 0.1) is 12.5 Å². The molecule has 0 radical (unpaired) electrons. The third-order valence-electron chi connectivity index (χ3n) is 12.3. The Balaban J connectivity index is 1.65. The average Bonchev–Trinajstić information content (AvgIpc) is 4.03. The molecule has 390 valence electrons. The highest BCUT2D eigenvalue weighted by Crippen LogP contribution is 2.27. The van der Waals surface area contributed by atoms with Crippen LogP contribution in [-0.2, 0) is 56.0 Å². The number of amides is 7. The standard InChI is InChI=1S/C49H71ClN10O9S2/c1-28(2)27-55-44(65)36(9-5-17-54-49(52)53)56-46(67)39-10-6-18-60(39)48(69)31-15-20-70-21-16-34(61)23-32(22-30-11-13-33(50)14-12-30)43(64)58-38(25-35-8-7-19-71-35)45(66)59-42(29(3)4)47(68)57-37(26-41(51)63)40(62)24-31/h7-8,11-14,19,28-29,31-32,36-39,42H,5-6,9-10,15-18,20-27H2,1-4H3,(H2,51,63)(H,55,65)(H,56,67)(H,57,68)(H,58,64)(H,59,66)(H4,52,53,54)/t31-,32-,36-,37+,38+,39+,42+/m1/s1. The van der Waals surface area contributed by atoms with Crippen molar-refractivity contribution in [2.45, 2.75) is 129 Å². The normalized spacial score (nSPS) is 22.7. The second-order valence-electron chi connectivity index (χ2n) is 18.9. The lowest BCUT2D eigenvalue weighted by molar-refractivity contribution is -0.144. The van der Waals surface area contributed by atoms with E-state index in [1.807, 2.05) is 25.3 Å². The number of guanidine groups is 1. The maximum atomic E-state index is 14.7. The van der Waals surface area contributed by atoms with Gasteiger partial charge in [-0.15, -0.1) is 11.3 Å². The monoisotopic (exact) mass is 1040 g/mol. The molecule has 2 aromatic rings. The predicted octanol–water partition coefficient (Wildman–Crippen LogP) is 2.15. The molecule has 2 fully saturated rings. The summed E-state index contributed by atoms with van der Waals surface area (Å²) < 4.78 is 0. The van der Waals surface area contributed by atoms with Crippen molar-refractivity contribution in [3.63, 3.8) is 0 Å². The maximum absolute atomic E-state index is 14.7. The minimum absolute atomic E-state index is 0.0760. The molecule has 0 aliphatic carbocycles. The summed E-state index contributed by atoms with van der Waals surface area (Å²) in [6.07, 6.45) is 0.615. The lowest BCUT2D eigenvalue weighted by Gasteiger charge is -2.30. The number of primary amides is 1. The van der Waals surface area contributed by atoms with Gasteiger partial charge in [0, 0.05) is 72.8 Å². The number of likely N-dealkylation sites (tertiary alicyclic amines) is 1. The smallest absolute Gasteiger partial charge is 0.243 e. The van der Waals surface area contributed by atoms with Gasteiger partial charge in [0.25, 0.3) is 0 Å². The Labute approximate surface area is 429 Å². The van der Waals surface area contributed by atoms with E-state index < -0.39 is 108 Å². The molecule has 11 N–H and O–H groups in total. The average molecular weight is 1040 g/mol. The van der Waals surface area contributed by atoms with Crippen LogP contribution in [0.2, 0.25) is 5.02 Å². The van der Waals surface area contributed by atoms with Crippen molar-refractivity contribution >= 4 is 93.6 Å². The number of carbonyl (C=O) groups excluding carboxylic acids is 9. The number of Topliss-reactive ketones (excluding diaryl/α,β-unsaturated/α-hetero) is 2. The van der Waals surface area contributed by atoms with Gasteiger partial charge in [0.1, 0.15) is 30.0 Å². The van der Waals surface area contributed by atoms with Crippen molar-refractivity contribution in [1.82, 2.24) is 31.5 Å². The van der Waals surface area contributed by atoms with Crippen molar-refractivity contribution in [3.8, 4) is 0 Å². The number of halogens is 1. The number of ketones is 2. The number of rotatable bonds is 17. The molecule has 3 heterocycles. The molecule has 4 rings (SSSR count). The quantitative estimate of drug-likeness (QED) is 0.0643. The van der Waals surface area contributed by atoms with Crippen LogP contribution in [0.1, 0.15) is 95.9 Å². The summed E-state index contributed by atoms with van der Waals surface area (Å²) in [5, 5.41) is 16.3. The highest BCUT2D eigenvalue weighted by molar-refractivity contribution is 7.99. The van der Waals surface area contributed by atoms with Crippen LogP contribution >= 0.6 is 34.7 Å². The van der Waals surface area contributed by atoms with Crippen LogP contribution in [0.5, 0.6) is 0 Å². The van der Waals surface area contributed by atoms with Crippen LogP contribution in [0.4, 0.5) is 0 Å². The molecule has 7 atom stereocenters. The largest absolute Gasteiger partial charge is 0.370 e. The first-order chi connectivity index (χ1) is 33.7. The van der Waals surface area contributed by atoms with E-state index in [0.29, 0.717) is 35.9 Å². The molecule has 1 aromatic heterocycles. The van der Waals surface area contributed by atoms with Gasteiger partial charge in [0.15, 0.2) is 11.7 Å². The number of hydrogen-bond donors (Lipinski definition) is 8. The molecule has 7 amide bonds. The van der Waals surface area contributed by atoms with E-state index in [4.69, 9.17) is 28.8 Å². The molecule has 2 aliphatic heterocycles. The molecule has 0 spiro atoms. The Hall–Kier alpha value is -5.54. The molecule has 0 bridgehead atoms. The summed E-state index contributed by atoms with van der Waals surface area (Å²) in [4.78, 5) is 131. The summed E-state index contributed by atoms with van der Waals surface area (Å²) in [7, 11) is 0. The third kappa shape index (κ3) is 19.5. The lowest BCUT2D eigenvalue weighted by Crippen LogP contribution is -2.58. The van der Waals surface area contributed by atoms with Crippen LogP contribution in [0.3, 0.4) is 0 Å². The highest BCUT2D eigenvalue weighted by Gasteiger charge is 2.40. The van der Waals surface area contributed by atoms with E-state index in [2.05, 4.69) is 31.6 Å². The Morgan fingerprint density at radius 1 is 0.873 bits per heavy atom. The second kappa shape index (κ2) is 29.1. The third-order valence-corrected chi connectivity index (χ3v) is 14.4. The van der Waals surface area contributed by atoms with Crippen molar-refractivity contribution in [1.29, 1.82) is 0 Å². The number of nitrogens with one attached hydrogen (secondary N) is 5. The maximum Gasteiger partial charge on any atom is 0.243 e. The molecule has 2 aliphatic rings. The zero-order valence-corrected chi connectivity index (χ0v) is 43.4. The van der Waals surface area contributed by atoms with E-state index in [0.717, 1.165) is 10.4 Å². The zero-order valence-electron chi connectivity index (χ0n) is 41.0. The first-order valence-electron chi connectivity index (χ1n) is 24.2. The summed E-state index contributed by atoms with van der Waals surface area (Å²) in [6, 6.07) is 4.68. The molecule has 0 unspecified atom stereocenters. The molecule has 71 heavy (non-hydrogen) atoms. The first kappa shape index (κ1) is 58.0. The number of nitrogens with two attached hydrogens (primary N) is 3. The molecular formula is C49H71ClN10O9S2. The van der Waals surface area contributed by atoms with Crippen LogP contribution in [0, 0.1) is 23.7 Å². The Bertz CT molecular complexity index is 2190. The van der Waals surface area contributed by atoms with E-state index in [-0.39, 0.29) is 75.7 Å². The number of hydrogen-bond acceptors (Lipinski definition) is 12. The molecule has 0 saturated carbocycles. The Morgan fingerprint density at radius 3 is 2.24 bits per heavy atom. The summed E-state index contributed by atoms with van der Waals surface area (Å²) in [5.74, 6) is -7.05. The number of benzene rings is 1. The topological polar surface area (TPSA) is 307 Å². The fourth-order valence-corrected chi connectivity index (χ4v) is 10.3. The van der Waals surface area contributed by atoms with Gasteiger partial charge in [-0.25, -0.2) is 0 Å². The number of carbonyl (C=O) groups is 9. The number of thioether (sulfide) groups is 1. The molecule has 1 aromatic carbocycles. The van der Waals surface area contributed by atoms with Crippen molar-refractivity contribution < 1.29 is 43.2 Å². The fourth-order valence-electron chi connectivity index (χ4n) is 8.38. The van der Waals surface area contributed by atoms with Gasteiger partial charge >= 0.3 is 0 Å². The van der Waals surface area contributed by atoms with Crippen molar-refractivity contribution in [2.24, 2.45) is 45.9 Å². The van der Waals surface area contributed by atoms with E-state index in [9.17, 15) is 43.2 Å². The predicted molar refractivity (Wildman–Crippen MR) is 275 cm³/mol. The summed E-state index contributed by atoms with van der Waals surface area (Å²) in [5.41, 5.74) is 17.3. The minimum atomic E-state index is -1.48. The number of thiophene rings is 1. The van der Waals surface area contributed by atoms with E-state index in [1.165, 1.54) is 28.0 Å². The molecule has 2 saturated heterocycles. The SMILES string of the molecule is CC(C)CNC(=O)[C@@H](CCCN=C(N)N)NC(=O)[C@@H]1CCCN1C(=O)[C@@H]1CCSCCC(=O)C[C@@H](Cc2ccc(Cl)cc2)C(=O)N[C@@H](Cc2cccs2)C(=O)N[C@@H](C(C)C)C(=O)N[C@@H](CC(N)=O)C(=O)C1.